The Morgan fingerprint density at radius 2 is 2.20 bits per heavy atom. The van der Waals surface area contributed by atoms with Crippen LogP contribution >= 0.6 is 11.3 Å². The Bertz CT molecular complexity index is 304. The van der Waals surface area contributed by atoms with Gasteiger partial charge in [0.2, 0.25) is 0 Å². The highest BCUT2D eigenvalue weighted by Crippen LogP contribution is 2.21. The number of hydrogen-bond acceptors (Lipinski definition) is 3. The van der Waals surface area contributed by atoms with Crippen molar-refractivity contribution in [2.75, 3.05) is 6.54 Å². The van der Waals surface area contributed by atoms with Gasteiger partial charge in [-0.05, 0) is 25.7 Å². The molecule has 3 heteroatoms. The zero-order valence-corrected chi connectivity index (χ0v) is 11.2. The van der Waals surface area contributed by atoms with E-state index < -0.39 is 0 Å². The SMILES string of the molecule is CCC(C)(C)CNC(C)c1csc(C)n1. The first-order valence-electron chi connectivity index (χ1n) is 5.60. The fraction of sp³-hybridized carbons (Fsp3) is 0.750. The monoisotopic (exact) mass is 226 g/mol. The molecule has 1 atom stereocenters. The largest absolute Gasteiger partial charge is 0.308 e. The molecule has 15 heavy (non-hydrogen) atoms. The van der Waals surface area contributed by atoms with Crippen LogP contribution in [0.1, 0.15) is 50.9 Å². The average Bonchev–Trinajstić information content (AvgIpc) is 2.61. The van der Waals surface area contributed by atoms with Crippen molar-refractivity contribution in [2.45, 2.75) is 47.1 Å². The van der Waals surface area contributed by atoms with Gasteiger partial charge in [0.25, 0.3) is 0 Å². The lowest BCUT2D eigenvalue weighted by Gasteiger charge is -2.25. The molecule has 1 aromatic heterocycles. The fourth-order valence-electron chi connectivity index (χ4n) is 1.24. The summed E-state index contributed by atoms with van der Waals surface area (Å²) in [5.74, 6) is 0. The molecule has 1 unspecified atom stereocenters. The van der Waals surface area contributed by atoms with Crippen LogP contribution in [0.25, 0.3) is 0 Å². The Balaban J connectivity index is 2.46. The Kier molecular flexibility index (Phi) is 4.29. The van der Waals surface area contributed by atoms with Gasteiger partial charge in [-0.25, -0.2) is 4.98 Å². The van der Waals surface area contributed by atoms with Gasteiger partial charge in [0.1, 0.15) is 0 Å². The second kappa shape index (κ2) is 5.08. The molecule has 0 aliphatic rings. The molecule has 1 rings (SSSR count). The molecule has 1 N–H and O–H groups in total. The minimum Gasteiger partial charge on any atom is -0.308 e. The number of nitrogens with one attached hydrogen (secondary N) is 1. The Hall–Kier alpha value is -0.410. The van der Waals surface area contributed by atoms with E-state index in [1.807, 2.05) is 0 Å². The van der Waals surface area contributed by atoms with Gasteiger partial charge in [-0.15, -0.1) is 11.3 Å². The number of aromatic nitrogens is 1. The number of hydrogen-bond donors (Lipinski definition) is 1. The highest BCUT2D eigenvalue weighted by molar-refractivity contribution is 7.09. The highest BCUT2D eigenvalue weighted by atomic mass is 32.1. The van der Waals surface area contributed by atoms with Crippen LogP contribution in [0.2, 0.25) is 0 Å². The van der Waals surface area contributed by atoms with Crippen molar-refractivity contribution in [1.82, 2.24) is 10.3 Å². The van der Waals surface area contributed by atoms with Crippen LogP contribution < -0.4 is 5.32 Å². The number of nitrogens with zero attached hydrogens (tertiary/aromatic N) is 1. The second-order valence-electron chi connectivity index (χ2n) is 4.91. The lowest BCUT2D eigenvalue weighted by atomic mass is 9.90. The fourth-order valence-corrected chi connectivity index (χ4v) is 1.94. The zero-order chi connectivity index (χ0) is 11.5. The molecule has 0 spiro atoms. The van der Waals surface area contributed by atoms with Crippen molar-refractivity contribution in [3.05, 3.63) is 16.1 Å². The molecule has 0 fully saturated rings. The predicted octanol–water partition coefficient (Wildman–Crippen LogP) is 3.54. The summed E-state index contributed by atoms with van der Waals surface area (Å²) in [6.07, 6.45) is 1.20. The van der Waals surface area contributed by atoms with Crippen LogP contribution in [0.15, 0.2) is 5.38 Å². The summed E-state index contributed by atoms with van der Waals surface area (Å²) in [4.78, 5) is 4.49. The molecule has 0 saturated carbocycles. The first-order chi connectivity index (χ1) is 6.94. The number of aryl methyl sites for hydroxylation is 1. The third-order valence-corrected chi connectivity index (χ3v) is 3.72. The van der Waals surface area contributed by atoms with E-state index in [-0.39, 0.29) is 0 Å². The maximum atomic E-state index is 4.49. The highest BCUT2D eigenvalue weighted by Gasteiger charge is 2.17. The Morgan fingerprint density at radius 3 is 2.67 bits per heavy atom. The van der Waals surface area contributed by atoms with Crippen LogP contribution in [0, 0.1) is 12.3 Å². The lowest BCUT2D eigenvalue weighted by Crippen LogP contribution is -2.30. The minimum absolute atomic E-state index is 0.362. The molecule has 0 aromatic carbocycles. The van der Waals surface area contributed by atoms with E-state index in [4.69, 9.17) is 0 Å². The van der Waals surface area contributed by atoms with Crippen LogP contribution in [-0.2, 0) is 0 Å². The van der Waals surface area contributed by atoms with Gasteiger partial charge >= 0.3 is 0 Å². The molecule has 0 aliphatic heterocycles. The van der Waals surface area contributed by atoms with E-state index >= 15 is 0 Å². The Labute approximate surface area is 97.1 Å². The maximum Gasteiger partial charge on any atom is 0.0898 e. The van der Waals surface area contributed by atoms with Crippen LogP contribution in [0.5, 0.6) is 0 Å². The van der Waals surface area contributed by atoms with E-state index in [1.54, 1.807) is 11.3 Å². The normalized spacial score (nSPS) is 14.2. The van der Waals surface area contributed by atoms with Gasteiger partial charge in [-0.2, -0.15) is 0 Å². The molecule has 0 saturated heterocycles. The van der Waals surface area contributed by atoms with Gasteiger partial charge in [-0.1, -0.05) is 20.8 Å². The molecule has 1 aromatic rings. The van der Waals surface area contributed by atoms with Crippen LogP contribution in [-0.4, -0.2) is 11.5 Å². The molecule has 86 valence electrons. The molecule has 1 heterocycles. The van der Waals surface area contributed by atoms with Crippen molar-refractivity contribution >= 4 is 11.3 Å². The van der Waals surface area contributed by atoms with Crippen molar-refractivity contribution in [3.8, 4) is 0 Å². The molecule has 0 amide bonds. The van der Waals surface area contributed by atoms with Gasteiger partial charge in [-0.3, -0.25) is 0 Å². The van der Waals surface area contributed by atoms with Gasteiger partial charge in [0.05, 0.1) is 10.7 Å². The van der Waals surface area contributed by atoms with Gasteiger partial charge in [0.15, 0.2) is 0 Å². The molecular formula is C12H22N2S. The standard InChI is InChI=1S/C12H22N2S/c1-6-12(4,5)8-13-9(2)11-7-15-10(3)14-11/h7,9,13H,6,8H2,1-5H3. The zero-order valence-electron chi connectivity index (χ0n) is 10.4. The molecule has 0 radical (unpaired) electrons. The molecule has 2 nitrogen and oxygen atoms in total. The number of thiazole rings is 1. The summed E-state index contributed by atoms with van der Waals surface area (Å²) < 4.78 is 0. The van der Waals surface area contributed by atoms with Crippen molar-refractivity contribution in [2.24, 2.45) is 5.41 Å². The predicted molar refractivity (Wildman–Crippen MR) is 67.3 cm³/mol. The smallest absolute Gasteiger partial charge is 0.0898 e. The van der Waals surface area contributed by atoms with E-state index in [9.17, 15) is 0 Å². The summed E-state index contributed by atoms with van der Waals surface area (Å²) in [5, 5.41) is 6.84. The Morgan fingerprint density at radius 1 is 1.53 bits per heavy atom. The number of rotatable bonds is 5. The first-order valence-corrected chi connectivity index (χ1v) is 6.48. The van der Waals surface area contributed by atoms with Gasteiger partial charge in [0, 0.05) is 18.0 Å². The van der Waals surface area contributed by atoms with Gasteiger partial charge < -0.3 is 5.32 Å². The summed E-state index contributed by atoms with van der Waals surface area (Å²) in [6, 6.07) is 0.362. The summed E-state index contributed by atoms with van der Waals surface area (Å²) in [7, 11) is 0. The lowest BCUT2D eigenvalue weighted by molar-refractivity contribution is 0.313. The third kappa shape index (κ3) is 3.92. The van der Waals surface area contributed by atoms with Crippen LogP contribution in [0.3, 0.4) is 0 Å². The summed E-state index contributed by atoms with van der Waals surface area (Å²) in [6.45, 7) is 12.1. The molecular weight excluding hydrogens is 204 g/mol. The van der Waals surface area contributed by atoms with E-state index in [2.05, 4.69) is 50.3 Å². The topological polar surface area (TPSA) is 24.9 Å². The molecule has 0 bridgehead atoms. The maximum absolute atomic E-state index is 4.49. The van der Waals surface area contributed by atoms with E-state index in [1.165, 1.54) is 12.1 Å². The van der Waals surface area contributed by atoms with Crippen molar-refractivity contribution in [1.29, 1.82) is 0 Å². The van der Waals surface area contributed by atoms with E-state index in [0.29, 0.717) is 11.5 Å². The minimum atomic E-state index is 0.362. The van der Waals surface area contributed by atoms with Crippen LogP contribution in [0.4, 0.5) is 0 Å². The first kappa shape index (κ1) is 12.7. The average molecular weight is 226 g/mol. The van der Waals surface area contributed by atoms with Crippen molar-refractivity contribution < 1.29 is 0 Å². The van der Waals surface area contributed by atoms with Crippen molar-refractivity contribution in [3.63, 3.8) is 0 Å². The third-order valence-electron chi connectivity index (χ3n) is 2.92. The summed E-state index contributed by atoms with van der Waals surface area (Å²) >= 11 is 1.72. The second-order valence-corrected chi connectivity index (χ2v) is 5.97. The van der Waals surface area contributed by atoms with E-state index in [0.717, 1.165) is 11.6 Å². The summed E-state index contributed by atoms with van der Waals surface area (Å²) in [5.41, 5.74) is 1.55. The quantitative estimate of drug-likeness (QED) is 0.830. The molecule has 0 aliphatic carbocycles.